The van der Waals surface area contributed by atoms with Crippen LogP contribution < -0.4 is 0 Å². The Bertz CT molecular complexity index is 149. The lowest BCUT2D eigenvalue weighted by Crippen LogP contribution is -2.33. The van der Waals surface area contributed by atoms with Crippen LogP contribution in [0.4, 0.5) is 0 Å². The Morgan fingerprint density at radius 1 is 0.909 bits per heavy atom. The number of rotatable bonds is 0. The number of hydrogen-bond acceptors (Lipinski definition) is 6. The molecule has 0 saturated heterocycles. The maximum atomic E-state index is 8.74. The molecule has 0 unspecified atom stereocenters. The molecule has 6 N–H and O–H groups in total. The van der Waals surface area contributed by atoms with Crippen LogP contribution in [0.15, 0.2) is 0 Å². The minimum atomic E-state index is -4.67. The van der Waals surface area contributed by atoms with Gasteiger partial charge in [-0.2, -0.15) is 8.42 Å². The average Bonchev–Trinajstić information content (AvgIpc) is 1.12. The van der Waals surface area contributed by atoms with Crippen molar-refractivity contribution in [2.75, 3.05) is 0 Å². The lowest BCUT2D eigenvalue weighted by molar-refractivity contribution is 0.117. The van der Waals surface area contributed by atoms with Crippen molar-refractivity contribution in [2.24, 2.45) is 0 Å². The highest BCUT2D eigenvalue weighted by molar-refractivity contribution is 7.79. The first-order valence-corrected chi connectivity index (χ1v) is 4.78. The van der Waals surface area contributed by atoms with E-state index in [0.717, 1.165) is 0 Å². The SMILES string of the molecule is O=S(=O)(O)O.O[Si](O)(O)O.[AlH3]. The zero-order chi connectivity index (χ0) is 9.00. The number of hydrogen-bond donors (Lipinski definition) is 6. The lowest BCUT2D eigenvalue weighted by Gasteiger charge is -1.91. The van der Waals surface area contributed by atoms with Crippen LogP contribution in [0, 0.1) is 0 Å². The van der Waals surface area contributed by atoms with E-state index in [0.29, 0.717) is 0 Å². The molecule has 0 aromatic carbocycles. The van der Waals surface area contributed by atoms with Gasteiger partial charge < -0.3 is 19.2 Å². The van der Waals surface area contributed by atoms with Crippen molar-refractivity contribution in [1.29, 1.82) is 0 Å². The topological polar surface area (TPSA) is 156 Å². The molecule has 0 saturated carbocycles. The van der Waals surface area contributed by atoms with Gasteiger partial charge in [0.15, 0.2) is 17.4 Å². The Labute approximate surface area is 73.9 Å². The van der Waals surface area contributed by atoms with E-state index < -0.39 is 19.4 Å². The van der Waals surface area contributed by atoms with Crippen molar-refractivity contribution in [1.82, 2.24) is 0 Å². The third-order valence-electron chi connectivity index (χ3n) is 0. The Hall–Kier alpha value is 0.459. The maximum absolute atomic E-state index is 8.74. The molecule has 70 valence electrons. The zero-order valence-electron chi connectivity index (χ0n) is 4.41. The summed E-state index contributed by atoms with van der Waals surface area (Å²) in [6.07, 6.45) is 0. The van der Waals surface area contributed by atoms with E-state index in [9.17, 15) is 0 Å². The molecule has 8 nitrogen and oxygen atoms in total. The highest BCUT2D eigenvalue weighted by Gasteiger charge is 2.22. The van der Waals surface area contributed by atoms with Crippen molar-refractivity contribution in [3.05, 3.63) is 0 Å². The van der Waals surface area contributed by atoms with Crippen LogP contribution in [0.3, 0.4) is 0 Å². The van der Waals surface area contributed by atoms with Gasteiger partial charge in [-0.05, 0) is 0 Å². The van der Waals surface area contributed by atoms with Gasteiger partial charge in [0, 0.05) is 0 Å². The van der Waals surface area contributed by atoms with Crippen molar-refractivity contribution >= 4 is 36.8 Å². The molecule has 0 aromatic heterocycles. The normalized spacial score (nSPS) is 10.7. The Kier molecular flexibility index (Phi) is 9.60. The van der Waals surface area contributed by atoms with Gasteiger partial charge in [0.2, 0.25) is 0 Å². The summed E-state index contributed by atoms with van der Waals surface area (Å²) >= 11 is 0. The van der Waals surface area contributed by atoms with Crippen molar-refractivity contribution in [3.8, 4) is 0 Å². The summed E-state index contributed by atoms with van der Waals surface area (Å²) in [5, 5.41) is 0. The van der Waals surface area contributed by atoms with E-state index >= 15 is 0 Å². The lowest BCUT2D eigenvalue weighted by atomic mass is 15.7. The maximum Gasteiger partial charge on any atom is 0.668 e. The molecule has 0 aliphatic heterocycles. The smallest absolute Gasteiger partial charge is 0.368 e. The van der Waals surface area contributed by atoms with Gasteiger partial charge in [0.05, 0.1) is 0 Å². The first-order valence-electron chi connectivity index (χ1n) is 1.59. The highest BCUT2D eigenvalue weighted by atomic mass is 32.3. The van der Waals surface area contributed by atoms with Crippen LogP contribution in [0.25, 0.3) is 0 Å². The van der Waals surface area contributed by atoms with Crippen molar-refractivity contribution < 1.29 is 36.7 Å². The third kappa shape index (κ3) is 3550. The van der Waals surface area contributed by atoms with E-state index in [1.165, 1.54) is 0 Å². The summed E-state index contributed by atoms with van der Waals surface area (Å²) in [6.45, 7) is 0. The molecule has 0 aromatic rings. The van der Waals surface area contributed by atoms with Crippen LogP contribution >= 0.6 is 0 Å². The van der Waals surface area contributed by atoms with Gasteiger partial charge in [-0.15, -0.1) is 0 Å². The fourth-order valence-electron chi connectivity index (χ4n) is 0. The molecule has 0 aliphatic carbocycles. The third-order valence-corrected chi connectivity index (χ3v) is 0. The predicted octanol–water partition coefficient (Wildman–Crippen LogP) is -4.45. The molecule has 0 atom stereocenters. The second kappa shape index (κ2) is 6.03. The summed E-state index contributed by atoms with van der Waals surface area (Å²) in [5.41, 5.74) is 0. The molecule has 0 bridgehead atoms. The van der Waals surface area contributed by atoms with E-state index in [1.54, 1.807) is 0 Å². The van der Waals surface area contributed by atoms with Crippen LogP contribution in [-0.4, -0.2) is 63.1 Å². The van der Waals surface area contributed by atoms with E-state index in [2.05, 4.69) is 0 Å². The Morgan fingerprint density at radius 2 is 0.909 bits per heavy atom. The molecular formula is H9AlO8SSi. The second-order valence-electron chi connectivity index (χ2n) is 1.05. The molecule has 0 amide bonds. The van der Waals surface area contributed by atoms with Gasteiger partial charge in [-0.3, -0.25) is 9.11 Å². The Morgan fingerprint density at radius 3 is 0.909 bits per heavy atom. The molecule has 0 rings (SSSR count). The Balaban J connectivity index is -0.000000107. The minimum absolute atomic E-state index is 0. The minimum Gasteiger partial charge on any atom is -0.368 e. The monoisotopic (exact) mass is 224 g/mol. The predicted molar refractivity (Wildman–Crippen MR) is 38.7 cm³/mol. The summed E-state index contributed by atoms with van der Waals surface area (Å²) in [5.74, 6) is 0. The largest absolute Gasteiger partial charge is 0.668 e. The molecule has 0 radical (unpaired) electrons. The summed E-state index contributed by atoms with van der Waals surface area (Å²) < 4.78 is 31.6. The summed E-state index contributed by atoms with van der Waals surface area (Å²) in [6, 6.07) is 0. The molecule has 11 heteroatoms. The van der Waals surface area contributed by atoms with Gasteiger partial charge in [-0.25, -0.2) is 0 Å². The quantitative estimate of drug-likeness (QED) is 0.178. The zero-order valence-corrected chi connectivity index (χ0v) is 6.22. The first-order chi connectivity index (χ1) is 4.00. The summed E-state index contributed by atoms with van der Waals surface area (Å²) in [4.78, 5) is 29.3. The van der Waals surface area contributed by atoms with Gasteiger partial charge in [-0.1, -0.05) is 0 Å². The van der Waals surface area contributed by atoms with Crippen molar-refractivity contribution in [2.45, 2.75) is 0 Å². The van der Waals surface area contributed by atoms with Crippen LogP contribution in [0.5, 0.6) is 0 Å². The molecule has 0 spiro atoms. The first kappa shape index (κ1) is 17.5. The van der Waals surface area contributed by atoms with Gasteiger partial charge in [0.1, 0.15) is 0 Å². The molecule has 11 heavy (non-hydrogen) atoms. The van der Waals surface area contributed by atoms with Gasteiger partial charge >= 0.3 is 19.4 Å². The molecule has 0 fully saturated rings. The molecule has 0 aliphatic rings. The molecular weight excluding hydrogens is 215 g/mol. The van der Waals surface area contributed by atoms with E-state index in [1.807, 2.05) is 0 Å². The van der Waals surface area contributed by atoms with Crippen LogP contribution in [0.1, 0.15) is 0 Å². The van der Waals surface area contributed by atoms with E-state index in [4.69, 9.17) is 36.7 Å². The second-order valence-corrected chi connectivity index (χ2v) is 3.14. The highest BCUT2D eigenvalue weighted by Crippen LogP contribution is 1.67. The van der Waals surface area contributed by atoms with Crippen LogP contribution in [0.2, 0.25) is 0 Å². The fourth-order valence-corrected chi connectivity index (χ4v) is 0. The van der Waals surface area contributed by atoms with Gasteiger partial charge in [0.25, 0.3) is 0 Å². The summed E-state index contributed by atoms with van der Waals surface area (Å²) in [7, 11) is -9.28. The van der Waals surface area contributed by atoms with Crippen molar-refractivity contribution in [3.63, 3.8) is 0 Å². The average molecular weight is 224 g/mol. The fraction of sp³-hybridized carbons (Fsp3) is 0. The van der Waals surface area contributed by atoms with Crippen LogP contribution in [-0.2, 0) is 10.4 Å². The standard InChI is InChI=1S/Al.H2O4S.H4O4Si.3H/c;2*1-5(2,3)4;;;/h;(H2,1,2,3,4);1-4H;;;. The van der Waals surface area contributed by atoms with E-state index in [-0.39, 0.29) is 17.4 Å². The molecule has 0 heterocycles.